The van der Waals surface area contributed by atoms with E-state index in [-0.39, 0.29) is 12.3 Å². The van der Waals surface area contributed by atoms with Crippen LogP contribution in [0.15, 0.2) is 24.3 Å². The van der Waals surface area contributed by atoms with Crippen LogP contribution in [0.25, 0.3) is 0 Å². The van der Waals surface area contributed by atoms with Crippen LogP contribution in [0.1, 0.15) is 30.6 Å². The van der Waals surface area contributed by atoms with Gasteiger partial charge in [0.05, 0.1) is 13.2 Å². The number of nitrogens with one attached hydrogen (secondary N) is 2. The van der Waals surface area contributed by atoms with Gasteiger partial charge in [-0.05, 0) is 37.6 Å². The van der Waals surface area contributed by atoms with Crippen molar-refractivity contribution in [2.75, 3.05) is 12.4 Å². The van der Waals surface area contributed by atoms with Crippen molar-refractivity contribution >= 4 is 23.5 Å². The molecule has 0 fully saturated rings. The van der Waals surface area contributed by atoms with Gasteiger partial charge in [0, 0.05) is 24.1 Å². The van der Waals surface area contributed by atoms with E-state index >= 15 is 0 Å². The molecule has 2 atom stereocenters. The Bertz CT molecular complexity index is 619. The highest BCUT2D eigenvalue weighted by Crippen LogP contribution is 2.11. The Kier molecular flexibility index (Phi) is 6.74. The van der Waals surface area contributed by atoms with E-state index in [1.54, 1.807) is 19.1 Å². The van der Waals surface area contributed by atoms with Gasteiger partial charge in [0.25, 0.3) is 5.91 Å². The van der Waals surface area contributed by atoms with Crippen LogP contribution >= 0.6 is 0 Å². The molecule has 0 aliphatic carbocycles. The normalized spacial score (nSPS) is 12.4. The molecule has 0 aromatic heterocycles. The highest BCUT2D eigenvalue weighted by molar-refractivity contribution is 5.97. The number of anilines is 1. The predicted molar refractivity (Wildman–Crippen MR) is 83.4 cm³/mol. The van der Waals surface area contributed by atoms with Crippen LogP contribution in [-0.4, -0.2) is 30.9 Å². The molecule has 0 radical (unpaired) electrons. The molecule has 7 nitrogen and oxygen atoms in total. The van der Waals surface area contributed by atoms with Crippen molar-refractivity contribution in [1.82, 2.24) is 5.32 Å². The summed E-state index contributed by atoms with van der Waals surface area (Å²) in [4.78, 5) is 34.8. The molecule has 23 heavy (non-hydrogen) atoms. The second kappa shape index (κ2) is 8.54. The maximum atomic E-state index is 12.2. The molecule has 1 rings (SSSR count). The maximum absolute atomic E-state index is 12.2. The number of carbonyl (C=O) groups excluding carboxylic acids is 3. The molecular formula is C16H19N3O4. The zero-order valence-corrected chi connectivity index (χ0v) is 13.3. The number of nitrogens with zero attached hydrogens (tertiary/aromatic N) is 1. The van der Waals surface area contributed by atoms with Crippen LogP contribution < -0.4 is 10.6 Å². The van der Waals surface area contributed by atoms with E-state index in [9.17, 15) is 14.4 Å². The first kappa shape index (κ1) is 18.2. The summed E-state index contributed by atoms with van der Waals surface area (Å²) >= 11 is 0. The highest BCUT2D eigenvalue weighted by Gasteiger charge is 2.24. The van der Waals surface area contributed by atoms with Crippen molar-refractivity contribution in [2.24, 2.45) is 5.92 Å². The maximum Gasteiger partial charge on any atom is 0.328 e. The molecular weight excluding hydrogens is 298 g/mol. The molecule has 2 amide bonds. The molecule has 0 saturated heterocycles. The van der Waals surface area contributed by atoms with Gasteiger partial charge >= 0.3 is 5.97 Å². The Hall–Kier alpha value is -2.88. The summed E-state index contributed by atoms with van der Waals surface area (Å²) in [6.45, 7) is 3.04. The number of esters is 1. The van der Waals surface area contributed by atoms with Crippen LogP contribution in [-0.2, 0) is 14.3 Å². The molecule has 0 unspecified atom stereocenters. The second-order valence-electron chi connectivity index (χ2n) is 5.07. The SMILES string of the molecule is COC(=O)[C@@H](C[C@@H](C)C#N)NC(=O)c1ccc(NC(C)=O)cc1. The smallest absolute Gasteiger partial charge is 0.328 e. The van der Waals surface area contributed by atoms with E-state index < -0.39 is 23.8 Å². The van der Waals surface area contributed by atoms with Gasteiger partial charge in [0.1, 0.15) is 6.04 Å². The van der Waals surface area contributed by atoms with E-state index in [1.807, 2.05) is 6.07 Å². The lowest BCUT2D eigenvalue weighted by Gasteiger charge is -2.17. The van der Waals surface area contributed by atoms with E-state index in [4.69, 9.17) is 5.26 Å². The second-order valence-corrected chi connectivity index (χ2v) is 5.07. The fourth-order valence-corrected chi connectivity index (χ4v) is 1.91. The lowest BCUT2D eigenvalue weighted by molar-refractivity contribution is -0.143. The van der Waals surface area contributed by atoms with Crippen LogP contribution in [0.3, 0.4) is 0 Å². The van der Waals surface area contributed by atoms with Crippen molar-refractivity contribution in [1.29, 1.82) is 5.26 Å². The van der Waals surface area contributed by atoms with Gasteiger partial charge in [0.15, 0.2) is 0 Å². The quantitative estimate of drug-likeness (QED) is 0.772. The number of hydrogen-bond donors (Lipinski definition) is 2. The molecule has 1 aromatic rings. The molecule has 0 heterocycles. The monoisotopic (exact) mass is 317 g/mol. The van der Waals surface area contributed by atoms with Gasteiger partial charge in [0.2, 0.25) is 5.91 Å². The molecule has 0 bridgehead atoms. The van der Waals surface area contributed by atoms with E-state index in [0.29, 0.717) is 11.3 Å². The molecule has 122 valence electrons. The number of nitriles is 1. The third-order valence-electron chi connectivity index (χ3n) is 3.07. The van der Waals surface area contributed by atoms with Gasteiger partial charge in [-0.15, -0.1) is 0 Å². The zero-order valence-electron chi connectivity index (χ0n) is 13.3. The van der Waals surface area contributed by atoms with Gasteiger partial charge in [-0.25, -0.2) is 4.79 Å². The first-order valence-electron chi connectivity index (χ1n) is 7.03. The van der Waals surface area contributed by atoms with Crippen molar-refractivity contribution in [3.8, 4) is 6.07 Å². The Morgan fingerprint density at radius 2 is 1.87 bits per heavy atom. The fraction of sp³-hybridized carbons (Fsp3) is 0.375. The largest absolute Gasteiger partial charge is 0.467 e. The summed E-state index contributed by atoms with van der Waals surface area (Å²) in [6, 6.07) is 7.35. The van der Waals surface area contributed by atoms with Crippen LogP contribution in [0.4, 0.5) is 5.69 Å². The Labute approximate surface area is 134 Å². The number of hydrogen-bond acceptors (Lipinski definition) is 5. The molecule has 0 saturated carbocycles. The van der Waals surface area contributed by atoms with Gasteiger partial charge in [-0.2, -0.15) is 5.26 Å². The zero-order chi connectivity index (χ0) is 17.4. The van der Waals surface area contributed by atoms with Crippen molar-refractivity contribution in [2.45, 2.75) is 26.3 Å². The minimum absolute atomic E-state index is 0.166. The molecule has 0 aliphatic heterocycles. The minimum Gasteiger partial charge on any atom is -0.467 e. The lowest BCUT2D eigenvalue weighted by Crippen LogP contribution is -2.42. The summed E-state index contributed by atoms with van der Waals surface area (Å²) in [5, 5.41) is 14.0. The van der Waals surface area contributed by atoms with E-state index in [2.05, 4.69) is 15.4 Å². The van der Waals surface area contributed by atoms with Crippen molar-refractivity contribution < 1.29 is 19.1 Å². The van der Waals surface area contributed by atoms with E-state index in [1.165, 1.54) is 26.2 Å². The fourth-order valence-electron chi connectivity index (χ4n) is 1.91. The summed E-state index contributed by atoms with van der Waals surface area (Å²) in [7, 11) is 1.22. The topological polar surface area (TPSA) is 108 Å². The molecule has 0 spiro atoms. The number of benzene rings is 1. The third kappa shape index (κ3) is 5.79. The molecule has 0 aliphatic rings. The summed E-state index contributed by atoms with van der Waals surface area (Å²) in [6.07, 6.45) is 0.166. The van der Waals surface area contributed by atoms with Gasteiger partial charge in [-0.3, -0.25) is 9.59 Å². The van der Waals surface area contributed by atoms with Crippen LogP contribution in [0.5, 0.6) is 0 Å². The van der Waals surface area contributed by atoms with Crippen molar-refractivity contribution in [3.05, 3.63) is 29.8 Å². The average molecular weight is 317 g/mol. The van der Waals surface area contributed by atoms with E-state index in [0.717, 1.165) is 0 Å². The Balaban J connectivity index is 2.80. The van der Waals surface area contributed by atoms with Crippen molar-refractivity contribution in [3.63, 3.8) is 0 Å². The number of rotatable bonds is 6. The van der Waals surface area contributed by atoms with Crippen LogP contribution in [0.2, 0.25) is 0 Å². The number of carbonyl (C=O) groups is 3. The first-order chi connectivity index (χ1) is 10.9. The summed E-state index contributed by atoms with van der Waals surface area (Å²) < 4.78 is 4.65. The Morgan fingerprint density at radius 1 is 1.26 bits per heavy atom. The first-order valence-corrected chi connectivity index (χ1v) is 7.03. The molecule has 7 heteroatoms. The predicted octanol–water partition coefficient (Wildman–Crippen LogP) is 1.47. The highest BCUT2D eigenvalue weighted by atomic mass is 16.5. The number of amides is 2. The van der Waals surface area contributed by atoms with Gasteiger partial charge in [-0.1, -0.05) is 0 Å². The molecule has 1 aromatic carbocycles. The summed E-state index contributed by atoms with van der Waals surface area (Å²) in [5.41, 5.74) is 0.897. The average Bonchev–Trinajstić information content (AvgIpc) is 2.53. The number of methoxy groups -OCH3 is 1. The standard InChI is InChI=1S/C16H19N3O4/c1-10(9-17)8-14(16(22)23-3)19-15(21)12-4-6-13(7-5-12)18-11(2)20/h4-7,10,14H,8H2,1-3H3,(H,18,20)(H,19,21)/t10-,14-/m1/s1. The number of ether oxygens (including phenoxy) is 1. The molecule has 2 N–H and O–H groups in total. The van der Waals surface area contributed by atoms with Gasteiger partial charge < -0.3 is 15.4 Å². The third-order valence-corrected chi connectivity index (χ3v) is 3.07. The minimum atomic E-state index is -0.892. The Morgan fingerprint density at radius 3 is 2.35 bits per heavy atom. The van der Waals surface area contributed by atoms with Crippen LogP contribution in [0, 0.1) is 17.2 Å². The summed E-state index contributed by atoms with van der Waals surface area (Å²) in [5.74, 6) is -1.67. The lowest BCUT2D eigenvalue weighted by atomic mass is 10.0.